The Bertz CT molecular complexity index is 1120. The zero-order valence-corrected chi connectivity index (χ0v) is 15.9. The standard InChI is InChI=1S/C24H23NO2/c1-14-8-11-20(27-14)22-17-12-24(2,3)13-18(17)23(26)21-16-7-5-4-6-15(16)9-10-19(21)25-22/h4-11,22,25H,12-13H2,1-3H3. The first-order chi connectivity index (χ1) is 12.9. The van der Waals surface area contributed by atoms with Gasteiger partial charge in [0.05, 0.1) is 5.56 Å². The molecule has 0 saturated heterocycles. The van der Waals surface area contributed by atoms with E-state index in [4.69, 9.17) is 4.42 Å². The van der Waals surface area contributed by atoms with Crippen LogP contribution in [0.3, 0.4) is 0 Å². The van der Waals surface area contributed by atoms with Crippen LogP contribution in [-0.4, -0.2) is 5.78 Å². The lowest BCUT2D eigenvalue weighted by atomic mass is 9.86. The van der Waals surface area contributed by atoms with Crippen LogP contribution in [0.25, 0.3) is 10.8 Å². The van der Waals surface area contributed by atoms with Gasteiger partial charge in [-0.1, -0.05) is 44.2 Å². The molecule has 1 aliphatic carbocycles. The summed E-state index contributed by atoms with van der Waals surface area (Å²) in [6, 6.07) is 16.2. The number of furan rings is 1. The number of carbonyl (C=O) groups is 1. The number of benzene rings is 2. The summed E-state index contributed by atoms with van der Waals surface area (Å²) in [7, 11) is 0. The number of rotatable bonds is 1. The lowest BCUT2D eigenvalue weighted by Gasteiger charge is -2.23. The molecule has 1 unspecified atom stereocenters. The van der Waals surface area contributed by atoms with Crippen LogP contribution in [0.15, 0.2) is 64.1 Å². The summed E-state index contributed by atoms with van der Waals surface area (Å²) in [5, 5.41) is 5.76. The number of carbonyl (C=O) groups excluding carboxylic acids is 1. The normalized spacial score (nSPS) is 21.0. The van der Waals surface area contributed by atoms with Crippen LogP contribution in [0, 0.1) is 12.3 Å². The van der Waals surface area contributed by atoms with Gasteiger partial charge in [-0.25, -0.2) is 0 Å². The van der Waals surface area contributed by atoms with Gasteiger partial charge < -0.3 is 9.73 Å². The van der Waals surface area contributed by atoms with Crippen molar-refractivity contribution >= 4 is 22.2 Å². The van der Waals surface area contributed by atoms with Crippen molar-refractivity contribution in [3.63, 3.8) is 0 Å². The number of allylic oxidation sites excluding steroid dienone is 1. The van der Waals surface area contributed by atoms with Crippen LogP contribution in [0.2, 0.25) is 0 Å². The predicted octanol–water partition coefficient (Wildman–Crippen LogP) is 6.21. The van der Waals surface area contributed by atoms with Gasteiger partial charge in [-0.2, -0.15) is 0 Å². The van der Waals surface area contributed by atoms with E-state index in [1.165, 1.54) is 5.57 Å². The summed E-state index contributed by atoms with van der Waals surface area (Å²) in [6.07, 6.45) is 1.71. The maximum absolute atomic E-state index is 13.7. The molecule has 0 bridgehead atoms. The topological polar surface area (TPSA) is 42.2 Å². The molecule has 3 nitrogen and oxygen atoms in total. The van der Waals surface area contributed by atoms with Crippen molar-refractivity contribution in [3.8, 4) is 0 Å². The molecule has 3 aromatic rings. The highest BCUT2D eigenvalue weighted by molar-refractivity contribution is 6.21. The molecule has 0 fully saturated rings. The van der Waals surface area contributed by atoms with E-state index in [1.54, 1.807) is 0 Å². The van der Waals surface area contributed by atoms with Gasteiger partial charge in [-0.3, -0.25) is 4.79 Å². The molecule has 136 valence electrons. The van der Waals surface area contributed by atoms with Gasteiger partial charge in [-0.05, 0) is 59.7 Å². The fraction of sp³-hybridized carbons (Fsp3) is 0.292. The number of hydrogen-bond donors (Lipinski definition) is 1. The number of hydrogen-bond acceptors (Lipinski definition) is 3. The quantitative estimate of drug-likeness (QED) is 0.563. The highest BCUT2D eigenvalue weighted by Gasteiger charge is 2.41. The number of aryl methyl sites for hydroxylation is 1. The summed E-state index contributed by atoms with van der Waals surface area (Å²) in [5.41, 5.74) is 3.92. The molecular weight excluding hydrogens is 334 g/mol. The first-order valence-corrected chi connectivity index (χ1v) is 9.54. The fourth-order valence-electron chi connectivity index (χ4n) is 4.66. The van der Waals surface area contributed by atoms with Gasteiger partial charge in [0.15, 0.2) is 5.78 Å². The van der Waals surface area contributed by atoms with Crippen LogP contribution in [0.1, 0.15) is 54.6 Å². The highest BCUT2D eigenvalue weighted by atomic mass is 16.3. The first-order valence-electron chi connectivity index (χ1n) is 9.54. The molecule has 1 atom stereocenters. The Morgan fingerprint density at radius 1 is 1.04 bits per heavy atom. The van der Waals surface area contributed by atoms with Crippen LogP contribution in [0.5, 0.6) is 0 Å². The number of ketones is 1. The Morgan fingerprint density at radius 2 is 1.85 bits per heavy atom. The summed E-state index contributed by atoms with van der Waals surface area (Å²) >= 11 is 0. The second-order valence-corrected chi connectivity index (χ2v) is 8.59. The third-order valence-electron chi connectivity index (χ3n) is 5.84. The van der Waals surface area contributed by atoms with Crippen LogP contribution >= 0.6 is 0 Å². The largest absolute Gasteiger partial charge is 0.464 e. The van der Waals surface area contributed by atoms with E-state index in [2.05, 4.69) is 31.3 Å². The average molecular weight is 357 g/mol. The number of Topliss-reactive ketones (excluding diaryl/α,β-unsaturated/α-hetero) is 1. The fourth-order valence-corrected chi connectivity index (χ4v) is 4.66. The molecule has 1 aliphatic heterocycles. The van der Waals surface area contributed by atoms with Crippen LogP contribution in [-0.2, 0) is 0 Å². The van der Waals surface area contributed by atoms with Crippen molar-refractivity contribution in [3.05, 3.63) is 76.8 Å². The molecule has 0 amide bonds. The SMILES string of the molecule is Cc1ccc(C2Nc3ccc4ccccc4c3C(=O)C3=C2CC(C)(C)C3)o1. The zero-order chi connectivity index (χ0) is 18.8. The Balaban J connectivity index is 1.76. The van der Waals surface area contributed by atoms with Gasteiger partial charge in [0.2, 0.25) is 0 Å². The summed E-state index contributed by atoms with van der Waals surface area (Å²) < 4.78 is 5.98. The lowest BCUT2D eigenvalue weighted by molar-refractivity contribution is 0.103. The molecule has 2 heterocycles. The van der Waals surface area contributed by atoms with Crippen LogP contribution < -0.4 is 5.32 Å². The molecule has 27 heavy (non-hydrogen) atoms. The minimum atomic E-state index is -0.0955. The second kappa shape index (κ2) is 5.59. The van der Waals surface area contributed by atoms with Crippen LogP contribution in [0.4, 0.5) is 5.69 Å². The van der Waals surface area contributed by atoms with E-state index in [9.17, 15) is 4.79 Å². The molecular formula is C24H23NO2. The molecule has 2 aromatic carbocycles. The Hall–Kier alpha value is -2.81. The zero-order valence-electron chi connectivity index (χ0n) is 15.9. The van der Waals surface area contributed by atoms with E-state index in [0.717, 1.165) is 52.0 Å². The Morgan fingerprint density at radius 3 is 2.63 bits per heavy atom. The predicted molar refractivity (Wildman–Crippen MR) is 108 cm³/mol. The molecule has 1 N–H and O–H groups in total. The van der Waals surface area contributed by atoms with E-state index in [1.807, 2.05) is 43.3 Å². The van der Waals surface area contributed by atoms with Gasteiger partial charge in [0.25, 0.3) is 0 Å². The van der Waals surface area contributed by atoms with E-state index >= 15 is 0 Å². The second-order valence-electron chi connectivity index (χ2n) is 8.59. The summed E-state index contributed by atoms with van der Waals surface area (Å²) in [5.74, 6) is 1.94. The molecule has 2 aliphatic rings. The van der Waals surface area contributed by atoms with E-state index < -0.39 is 0 Å². The van der Waals surface area contributed by atoms with E-state index in [0.29, 0.717) is 0 Å². The maximum Gasteiger partial charge on any atom is 0.191 e. The third-order valence-corrected chi connectivity index (χ3v) is 5.84. The summed E-state index contributed by atoms with van der Waals surface area (Å²) in [6.45, 7) is 6.44. The van der Waals surface area contributed by atoms with E-state index in [-0.39, 0.29) is 17.2 Å². The first kappa shape index (κ1) is 16.4. The maximum atomic E-state index is 13.7. The lowest BCUT2D eigenvalue weighted by Crippen LogP contribution is -2.15. The average Bonchev–Trinajstić information content (AvgIpc) is 3.18. The molecule has 3 heteroatoms. The van der Waals surface area contributed by atoms with Crippen molar-refractivity contribution in [2.24, 2.45) is 5.41 Å². The molecule has 0 spiro atoms. The summed E-state index contributed by atoms with van der Waals surface area (Å²) in [4.78, 5) is 13.7. The van der Waals surface area contributed by atoms with Crippen molar-refractivity contribution in [1.82, 2.24) is 0 Å². The van der Waals surface area contributed by atoms with Gasteiger partial charge >= 0.3 is 0 Å². The van der Waals surface area contributed by atoms with Gasteiger partial charge in [0, 0.05) is 11.3 Å². The van der Waals surface area contributed by atoms with Crippen molar-refractivity contribution in [1.29, 1.82) is 0 Å². The monoisotopic (exact) mass is 357 g/mol. The smallest absolute Gasteiger partial charge is 0.191 e. The van der Waals surface area contributed by atoms with Gasteiger partial charge in [0.1, 0.15) is 17.6 Å². The molecule has 1 aromatic heterocycles. The minimum Gasteiger partial charge on any atom is -0.464 e. The Kier molecular flexibility index (Phi) is 3.39. The van der Waals surface area contributed by atoms with Crippen molar-refractivity contribution in [2.75, 3.05) is 5.32 Å². The highest BCUT2D eigenvalue weighted by Crippen LogP contribution is 2.50. The third kappa shape index (κ3) is 2.53. The van der Waals surface area contributed by atoms with Gasteiger partial charge in [-0.15, -0.1) is 0 Å². The molecule has 0 saturated carbocycles. The Labute approximate surface area is 159 Å². The number of anilines is 1. The number of fused-ring (bicyclic) bond motifs is 3. The van der Waals surface area contributed by atoms with Crippen molar-refractivity contribution in [2.45, 2.75) is 39.7 Å². The van der Waals surface area contributed by atoms with Crippen molar-refractivity contribution < 1.29 is 9.21 Å². The molecule has 0 radical (unpaired) electrons. The molecule has 5 rings (SSSR count). The minimum absolute atomic E-state index is 0.0873. The number of nitrogens with one attached hydrogen (secondary N) is 1.